The molecule has 1 aliphatic rings. The van der Waals surface area contributed by atoms with Crippen LogP contribution in [0.4, 0.5) is 0 Å². The molecule has 3 amide bonds. The number of methoxy groups -OCH3 is 3. The Morgan fingerprint density at radius 3 is 2.32 bits per heavy atom. The van der Waals surface area contributed by atoms with Crippen LogP contribution in [0.15, 0.2) is 0 Å². The van der Waals surface area contributed by atoms with E-state index < -0.39 is 6.10 Å². The molecule has 0 aromatic heterocycles. The molecule has 6 atom stereocenters. The summed E-state index contributed by atoms with van der Waals surface area (Å²) in [6.45, 7) is 6.47. The summed E-state index contributed by atoms with van der Waals surface area (Å²) in [5.74, 6) is -0.665. The Hall–Kier alpha value is -2.20. The normalized spacial score (nSPS) is 20.1. The van der Waals surface area contributed by atoms with E-state index in [1.807, 2.05) is 25.7 Å². The molecule has 34 heavy (non-hydrogen) atoms. The van der Waals surface area contributed by atoms with Crippen molar-refractivity contribution in [3.63, 3.8) is 0 Å². The smallest absolute Gasteiger partial charge is 0.305 e. The first-order valence-corrected chi connectivity index (χ1v) is 12.0. The van der Waals surface area contributed by atoms with Gasteiger partial charge < -0.3 is 29.3 Å². The number of nitrogens with zero attached hydrogens (tertiary/aromatic N) is 2. The van der Waals surface area contributed by atoms with E-state index in [0.717, 1.165) is 19.3 Å². The van der Waals surface area contributed by atoms with Crippen molar-refractivity contribution in [3.8, 4) is 0 Å². The summed E-state index contributed by atoms with van der Waals surface area (Å²) in [6, 6.07) is -0.481. The second kappa shape index (κ2) is 14.9. The number of likely N-dealkylation sites (N-methyl/N-ethyl adjacent to an activating group) is 1. The quantitative estimate of drug-likeness (QED) is 0.274. The molecular formula is C24H43N3O7. The van der Waals surface area contributed by atoms with Crippen molar-refractivity contribution in [1.82, 2.24) is 15.1 Å². The number of amides is 3. The van der Waals surface area contributed by atoms with Gasteiger partial charge in [0.1, 0.15) is 0 Å². The molecule has 0 aliphatic carbocycles. The molecule has 0 radical (unpaired) electrons. The van der Waals surface area contributed by atoms with Gasteiger partial charge in [-0.2, -0.15) is 0 Å². The number of hydrogen-bond acceptors (Lipinski definition) is 7. The van der Waals surface area contributed by atoms with Gasteiger partial charge in [-0.25, -0.2) is 0 Å². The van der Waals surface area contributed by atoms with Gasteiger partial charge in [-0.3, -0.25) is 19.2 Å². The van der Waals surface area contributed by atoms with Gasteiger partial charge in [0.15, 0.2) is 0 Å². The number of carbonyl (C=O) groups excluding carboxylic acids is 4. The number of esters is 1. The molecule has 0 saturated carbocycles. The van der Waals surface area contributed by atoms with Crippen molar-refractivity contribution in [2.75, 3.05) is 41.5 Å². The molecule has 1 saturated heterocycles. The van der Waals surface area contributed by atoms with Crippen LogP contribution in [0, 0.1) is 11.8 Å². The number of nitrogens with one attached hydrogen (secondary N) is 1. The Kier molecular flexibility index (Phi) is 13.1. The number of rotatable bonds is 15. The van der Waals surface area contributed by atoms with Crippen molar-refractivity contribution in [2.24, 2.45) is 11.8 Å². The Bertz CT molecular complexity index is 675. The van der Waals surface area contributed by atoms with E-state index in [1.165, 1.54) is 7.11 Å². The molecule has 0 bridgehead atoms. The molecule has 6 unspecified atom stereocenters. The average molecular weight is 486 g/mol. The van der Waals surface area contributed by atoms with E-state index >= 15 is 0 Å². The summed E-state index contributed by atoms with van der Waals surface area (Å²) < 4.78 is 16.3. The molecule has 196 valence electrons. The Morgan fingerprint density at radius 2 is 1.79 bits per heavy atom. The predicted molar refractivity (Wildman–Crippen MR) is 127 cm³/mol. The number of likely N-dealkylation sites (tertiary alicyclic amines) is 1. The van der Waals surface area contributed by atoms with Gasteiger partial charge >= 0.3 is 5.97 Å². The van der Waals surface area contributed by atoms with Gasteiger partial charge in [0.05, 0.1) is 50.8 Å². The highest BCUT2D eigenvalue weighted by Gasteiger charge is 2.40. The third kappa shape index (κ3) is 7.94. The molecule has 0 aromatic rings. The number of ether oxygens (including phenoxy) is 3. The minimum absolute atomic E-state index is 0.0677. The van der Waals surface area contributed by atoms with Crippen molar-refractivity contribution in [2.45, 2.75) is 77.2 Å². The maximum absolute atomic E-state index is 13.5. The van der Waals surface area contributed by atoms with Gasteiger partial charge in [0.25, 0.3) is 0 Å². The second-order valence-electron chi connectivity index (χ2n) is 9.11. The summed E-state index contributed by atoms with van der Waals surface area (Å²) in [4.78, 5) is 51.9. The van der Waals surface area contributed by atoms with E-state index in [9.17, 15) is 19.2 Å². The van der Waals surface area contributed by atoms with Crippen LogP contribution in [0.3, 0.4) is 0 Å². The first-order valence-electron chi connectivity index (χ1n) is 12.0. The third-order valence-electron chi connectivity index (χ3n) is 7.01. The van der Waals surface area contributed by atoms with Crippen LogP contribution in [-0.4, -0.2) is 99.8 Å². The first-order chi connectivity index (χ1) is 16.2. The van der Waals surface area contributed by atoms with Crippen LogP contribution >= 0.6 is 0 Å². The number of carbonyl (C=O) groups is 4. The molecular weight excluding hydrogens is 442 g/mol. The van der Waals surface area contributed by atoms with Crippen LogP contribution in [0.1, 0.15) is 52.9 Å². The molecule has 10 nitrogen and oxygen atoms in total. The summed E-state index contributed by atoms with van der Waals surface area (Å²) in [6.07, 6.45) is 2.44. The molecule has 1 fully saturated rings. The topological polar surface area (TPSA) is 114 Å². The lowest BCUT2D eigenvalue weighted by Gasteiger charge is -2.39. The lowest BCUT2D eigenvalue weighted by molar-refractivity contribution is -0.146. The van der Waals surface area contributed by atoms with Gasteiger partial charge in [-0.15, -0.1) is 0 Å². The molecule has 0 aromatic carbocycles. The highest BCUT2D eigenvalue weighted by Crippen LogP contribution is 2.30. The zero-order valence-corrected chi connectivity index (χ0v) is 21.7. The van der Waals surface area contributed by atoms with E-state index in [-0.39, 0.29) is 67.2 Å². The van der Waals surface area contributed by atoms with E-state index in [2.05, 4.69) is 5.32 Å². The maximum Gasteiger partial charge on any atom is 0.305 e. The molecule has 1 N–H and O–H groups in total. The fourth-order valence-electron chi connectivity index (χ4n) is 4.97. The average Bonchev–Trinajstić information content (AvgIpc) is 3.31. The molecule has 10 heteroatoms. The lowest BCUT2D eigenvalue weighted by Crippen LogP contribution is -2.53. The summed E-state index contributed by atoms with van der Waals surface area (Å²) in [5, 5.41) is 2.40. The summed E-state index contributed by atoms with van der Waals surface area (Å²) >= 11 is 0. The van der Waals surface area contributed by atoms with E-state index in [4.69, 9.17) is 14.2 Å². The largest absolute Gasteiger partial charge is 0.469 e. The van der Waals surface area contributed by atoms with Crippen molar-refractivity contribution < 1.29 is 33.4 Å². The summed E-state index contributed by atoms with van der Waals surface area (Å²) in [7, 11) is 6.19. The minimum atomic E-state index is -0.512. The van der Waals surface area contributed by atoms with Crippen LogP contribution in [-0.2, 0) is 33.4 Å². The zero-order valence-electron chi connectivity index (χ0n) is 21.7. The van der Waals surface area contributed by atoms with Gasteiger partial charge in [0.2, 0.25) is 18.2 Å². The van der Waals surface area contributed by atoms with E-state index in [0.29, 0.717) is 13.0 Å². The fourth-order valence-corrected chi connectivity index (χ4v) is 4.97. The van der Waals surface area contributed by atoms with Crippen molar-refractivity contribution in [1.29, 1.82) is 0 Å². The van der Waals surface area contributed by atoms with Crippen LogP contribution in [0.2, 0.25) is 0 Å². The maximum atomic E-state index is 13.5. The zero-order chi connectivity index (χ0) is 25.8. The molecule has 1 rings (SSSR count). The summed E-state index contributed by atoms with van der Waals surface area (Å²) in [5.41, 5.74) is 0. The van der Waals surface area contributed by atoms with E-state index in [1.54, 1.807) is 26.2 Å². The standard InChI is InChI=1S/C24H43N3O7/c1-8-16(2)23(26(4)21(30)14-25-15-28)19(32-5)13-20(29)27-11-9-10-18(27)24(34-7)17(3)12-22(31)33-6/h15-19,23-24H,8-14H2,1-7H3,(H,25,28). The first kappa shape index (κ1) is 29.8. The van der Waals surface area contributed by atoms with Gasteiger partial charge in [-0.1, -0.05) is 27.2 Å². The third-order valence-corrected chi connectivity index (χ3v) is 7.01. The Morgan fingerprint density at radius 1 is 1.12 bits per heavy atom. The highest BCUT2D eigenvalue weighted by molar-refractivity contribution is 5.81. The van der Waals surface area contributed by atoms with Crippen molar-refractivity contribution >= 4 is 24.2 Å². The monoisotopic (exact) mass is 485 g/mol. The minimum Gasteiger partial charge on any atom is -0.469 e. The molecule has 1 aliphatic heterocycles. The van der Waals surface area contributed by atoms with Gasteiger partial charge in [-0.05, 0) is 24.7 Å². The second-order valence-corrected chi connectivity index (χ2v) is 9.11. The van der Waals surface area contributed by atoms with Crippen LogP contribution < -0.4 is 5.32 Å². The number of hydrogen-bond donors (Lipinski definition) is 1. The predicted octanol–water partition coefficient (Wildman–Crippen LogP) is 1.22. The Labute approximate surface area is 203 Å². The van der Waals surface area contributed by atoms with Gasteiger partial charge in [0, 0.05) is 27.8 Å². The fraction of sp³-hybridized carbons (Fsp3) is 0.833. The lowest BCUT2D eigenvalue weighted by atomic mass is 9.90. The molecule has 0 spiro atoms. The molecule has 1 heterocycles. The van der Waals surface area contributed by atoms with Crippen LogP contribution in [0.25, 0.3) is 0 Å². The van der Waals surface area contributed by atoms with Crippen LogP contribution in [0.5, 0.6) is 0 Å². The highest BCUT2D eigenvalue weighted by atomic mass is 16.5. The SMILES string of the molecule is CCC(C)C(C(CC(=O)N1CCCC1C(OC)C(C)CC(=O)OC)OC)N(C)C(=O)CNC=O. The van der Waals surface area contributed by atoms with Crippen molar-refractivity contribution in [3.05, 3.63) is 0 Å². The Balaban J connectivity index is 3.03.